The highest BCUT2D eigenvalue weighted by molar-refractivity contribution is 6.31. The molecule has 3 aromatic carbocycles. The molecule has 1 aromatic heterocycles. The lowest BCUT2D eigenvalue weighted by Crippen LogP contribution is -2.32. The van der Waals surface area contributed by atoms with E-state index in [1.807, 2.05) is 53.2 Å². The van der Waals surface area contributed by atoms with Gasteiger partial charge < -0.3 is 10.1 Å². The summed E-state index contributed by atoms with van der Waals surface area (Å²) in [6.45, 7) is 2.08. The number of aromatic nitrogens is 3. The van der Waals surface area contributed by atoms with Gasteiger partial charge in [-0.15, -0.1) is 0 Å². The van der Waals surface area contributed by atoms with Gasteiger partial charge in [0.2, 0.25) is 5.95 Å². The average Bonchev–Trinajstić information content (AvgIpc) is 3.27. The molecule has 0 saturated carbocycles. The summed E-state index contributed by atoms with van der Waals surface area (Å²) in [5, 5.41) is 8.75. The number of benzene rings is 3. The molecule has 0 bridgehead atoms. The molecule has 6 heteroatoms. The van der Waals surface area contributed by atoms with Gasteiger partial charge >= 0.3 is 0 Å². The standard InChI is InChI=1S/C25H19ClN4O/c1-15-11-12-20-18(13-15)22-21(24(31-20)17-9-5-6-10-19(17)26)23(16-7-3-2-4-8-16)30-25(29-22)27-14-28-30/h2-14,23-24H,1H3,(H,27,28,29)/t23-,24+/m1/s1. The maximum atomic E-state index is 6.66. The summed E-state index contributed by atoms with van der Waals surface area (Å²) in [5.74, 6) is 1.53. The van der Waals surface area contributed by atoms with Crippen LogP contribution in [0.1, 0.15) is 34.4 Å². The topological polar surface area (TPSA) is 52.0 Å². The van der Waals surface area contributed by atoms with E-state index in [0.717, 1.165) is 39.3 Å². The second-order valence-electron chi connectivity index (χ2n) is 7.82. The van der Waals surface area contributed by atoms with Crippen molar-refractivity contribution >= 4 is 23.2 Å². The van der Waals surface area contributed by atoms with Gasteiger partial charge in [-0.2, -0.15) is 10.1 Å². The van der Waals surface area contributed by atoms with Crippen LogP contribution in [0.4, 0.5) is 5.95 Å². The third-order valence-electron chi connectivity index (χ3n) is 5.87. The molecule has 0 spiro atoms. The fraction of sp³-hybridized carbons (Fsp3) is 0.120. The van der Waals surface area contributed by atoms with Crippen LogP contribution in [0, 0.1) is 6.92 Å². The van der Waals surface area contributed by atoms with Crippen LogP contribution in [0.3, 0.4) is 0 Å². The van der Waals surface area contributed by atoms with E-state index in [1.54, 1.807) is 6.33 Å². The maximum absolute atomic E-state index is 6.66. The fourth-order valence-electron chi connectivity index (χ4n) is 4.49. The van der Waals surface area contributed by atoms with E-state index in [4.69, 9.17) is 16.3 Å². The quantitative estimate of drug-likeness (QED) is 0.440. The molecule has 2 aliphatic heterocycles. The molecule has 0 unspecified atom stereocenters. The molecular weight excluding hydrogens is 408 g/mol. The monoisotopic (exact) mass is 426 g/mol. The molecule has 5 nitrogen and oxygen atoms in total. The lowest BCUT2D eigenvalue weighted by atomic mass is 9.84. The van der Waals surface area contributed by atoms with E-state index in [1.165, 1.54) is 0 Å². The van der Waals surface area contributed by atoms with Gasteiger partial charge in [0, 0.05) is 21.7 Å². The van der Waals surface area contributed by atoms with E-state index < -0.39 is 0 Å². The normalized spacial score (nSPS) is 19.0. The lowest BCUT2D eigenvalue weighted by molar-refractivity contribution is 0.223. The number of halogens is 1. The smallest absolute Gasteiger partial charge is 0.226 e. The minimum Gasteiger partial charge on any atom is -0.480 e. The fourth-order valence-corrected chi connectivity index (χ4v) is 4.72. The highest BCUT2D eigenvalue weighted by Crippen LogP contribution is 2.51. The molecule has 1 N–H and O–H groups in total. The molecule has 0 amide bonds. The van der Waals surface area contributed by atoms with Crippen molar-refractivity contribution in [1.82, 2.24) is 14.8 Å². The number of ether oxygens (including phenoxy) is 1. The Kier molecular flexibility index (Phi) is 4.11. The Balaban J connectivity index is 1.66. The first-order valence-electron chi connectivity index (χ1n) is 10.2. The Bertz CT molecular complexity index is 1330. The van der Waals surface area contributed by atoms with Crippen molar-refractivity contribution in [1.29, 1.82) is 0 Å². The third-order valence-corrected chi connectivity index (χ3v) is 6.22. The SMILES string of the molecule is Cc1ccc2c(c1)C1=C([C@H](c3ccccc3Cl)O2)[C@@H](c2ccccc2)n2ncnc2N1. The minimum atomic E-state index is -0.367. The van der Waals surface area contributed by atoms with Crippen LogP contribution in [0.2, 0.25) is 5.02 Å². The van der Waals surface area contributed by atoms with Gasteiger partial charge in [0.05, 0.1) is 5.70 Å². The molecule has 152 valence electrons. The predicted octanol–water partition coefficient (Wildman–Crippen LogP) is 5.80. The Labute approximate surface area is 185 Å². The second kappa shape index (κ2) is 7.00. The Morgan fingerprint density at radius 1 is 1.00 bits per heavy atom. The molecule has 3 heterocycles. The number of aryl methyl sites for hydroxylation is 1. The van der Waals surface area contributed by atoms with Crippen LogP contribution in [0.5, 0.6) is 5.75 Å². The number of nitrogens with one attached hydrogen (secondary N) is 1. The summed E-state index contributed by atoms with van der Waals surface area (Å²) in [6, 6.07) is 24.2. The zero-order valence-corrected chi connectivity index (χ0v) is 17.5. The first-order valence-corrected chi connectivity index (χ1v) is 10.6. The van der Waals surface area contributed by atoms with E-state index >= 15 is 0 Å². The van der Waals surface area contributed by atoms with Gasteiger partial charge in [0.15, 0.2) is 6.10 Å². The highest BCUT2D eigenvalue weighted by Gasteiger charge is 2.41. The number of hydrogen-bond acceptors (Lipinski definition) is 4. The van der Waals surface area contributed by atoms with Crippen LogP contribution in [-0.2, 0) is 0 Å². The second-order valence-corrected chi connectivity index (χ2v) is 8.22. The lowest BCUT2D eigenvalue weighted by Gasteiger charge is -2.39. The largest absolute Gasteiger partial charge is 0.480 e. The molecule has 6 rings (SSSR count). The minimum absolute atomic E-state index is 0.176. The summed E-state index contributed by atoms with van der Waals surface area (Å²) in [6.07, 6.45) is 1.22. The average molecular weight is 427 g/mol. The summed E-state index contributed by atoms with van der Waals surface area (Å²) >= 11 is 6.66. The van der Waals surface area contributed by atoms with E-state index in [-0.39, 0.29) is 12.1 Å². The van der Waals surface area contributed by atoms with Crippen molar-refractivity contribution in [3.8, 4) is 5.75 Å². The first kappa shape index (κ1) is 18.2. The molecule has 2 aliphatic rings. The molecule has 2 atom stereocenters. The Morgan fingerprint density at radius 3 is 2.65 bits per heavy atom. The molecule has 0 fully saturated rings. The van der Waals surface area contributed by atoms with Crippen molar-refractivity contribution in [2.75, 3.05) is 5.32 Å². The van der Waals surface area contributed by atoms with Crippen LogP contribution < -0.4 is 10.1 Å². The van der Waals surface area contributed by atoms with Crippen molar-refractivity contribution < 1.29 is 4.74 Å². The van der Waals surface area contributed by atoms with E-state index in [2.05, 4.69) is 46.6 Å². The summed E-state index contributed by atoms with van der Waals surface area (Å²) in [4.78, 5) is 4.47. The van der Waals surface area contributed by atoms with Crippen LogP contribution in [0.25, 0.3) is 5.70 Å². The van der Waals surface area contributed by atoms with Crippen LogP contribution in [-0.4, -0.2) is 14.8 Å². The third kappa shape index (κ3) is 2.85. The van der Waals surface area contributed by atoms with Gasteiger partial charge in [-0.1, -0.05) is 71.8 Å². The first-order chi connectivity index (χ1) is 15.2. The van der Waals surface area contributed by atoms with Crippen molar-refractivity contribution in [2.45, 2.75) is 19.1 Å². The number of hydrogen-bond donors (Lipinski definition) is 1. The maximum Gasteiger partial charge on any atom is 0.226 e. The van der Waals surface area contributed by atoms with Gasteiger partial charge in [-0.05, 0) is 30.7 Å². The molecule has 0 radical (unpaired) electrons. The Hall–Kier alpha value is -3.57. The number of rotatable bonds is 2. The van der Waals surface area contributed by atoms with Gasteiger partial charge in [0.1, 0.15) is 18.1 Å². The van der Waals surface area contributed by atoms with E-state index in [0.29, 0.717) is 11.0 Å². The molecule has 0 saturated heterocycles. The highest BCUT2D eigenvalue weighted by atomic mass is 35.5. The van der Waals surface area contributed by atoms with Crippen LogP contribution >= 0.6 is 11.6 Å². The number of nitrogens with zero attached hydrogens (tertiary/aromatic N) is 3. The molecule has 0 aliphatic carbocycles. The number of anilines is 1. The van der Waals surface area contributed by atoms with Gasteiger partial charge in [-0.25, -0.2) is 4.68 Å². The zero-order chi connectivity index (χ0) is 20.9. The number of fused-ring (bicyclic) bond motifs is 3. The van der Waals surface area contributed by atoms with Crippen molar-refractivity contribution in [2.24, 2.45) is 0 Å². The van der Waals surface area contributed by atoms with Crippen LogP contribution in [0.15, 0.2) is 84.7 Å². The molecule has 31 heavy (non-hydrogen) atoms. The zero-order valence-electron chi connectivity index (χ0n) is 16.8. The molecule has 4 aromatic rings. The van der Waals surface area contributed by atoms with Gasteiger partial charge in [-0.3, -0.25) is 0 Å². The Morgan fingerprint density at radius 2 is 1.81 bits per heavy atom. The summed E-state index contributed by atoms with van der Waals surface area (Å²) < 4.78 is 8.54. The van der Waals surface area contributed by atoms with Gasteiger partial charge in [0.25, 0.3) is 0 Å². The summed E-state index contributed by atoms with van der Waals surface area (Å²) in [5.41, 5.74) is 6.29. The van der Waals surface area contributed by atoms with E-state index in [9.17, 15) is 0 Å². The molecular formula is C25H19ClN4O. The summed E-state index contributed by atoms with van der Waals surface area (Å²) in [7, 11) is 0. The van der Waals surface area contributed by atoms with Crippen molar-refractivity contribution in [3.05, 3.63) is 112 Å². The predicted molar refractivity (Wildman–Crippen MR) is 121 cm³/mol. The van der Waals surface area contributed by atoms with Crippen molar-refractivity contribution in [3.63, 3.8) is 0 Å².